The lowest BCUT2D eigenvalue weighted by Gasteiger charge is -2.25. The van der Waals surface area contributed by atoms with Crippen LogP contribution in [0.1, 0.15) is 30.0 Å². The zero-order chi connectivity index (χ0) is 16.8. The lowest BCUT2D eigenvalue weighted by Crippen LogP contribution is -2.37. The second-order valence-electron chi connectivity index (χ2n) is 6.34. The summed E-state index contributed by atoms with van der Waals surface area (Å²) < 4.78 is 0. The topological polar surface area (TPSA) is 32.3 Å². The van der Waals surface area contributed by atoms with E-state index in [2.05, 4.69) is 22.3 Å². The van der Waals surface area contributed by atoms with Crippen molar-refractivity contribution in [3.63, 3.8) is 0 Å². The van der Waals surface area contributed by atoms with Gasteiger partial charge in [-0.05, 0) is 49.2 Å². The first-order valence-electron chi connectivity index (χ1n) is 8.52. The Morgan fingerprint density at radius 3 is 2.38 bits per heavy atom. The van der Waals surface area contributed by atoms with Crippen molar-refractivity contribution >= 4 is 17.5 Å². The molecule has 2 aromatic rings. The van der Waals surface area contributed by atoms with Crippen LogP contribution in [0.3, 0.4) is 0 Å². The van der Waals surface area contributed by atoms with E-state index in [-0.39, 0.29) is 11.9 Å². The van der Waals surface area contributed by atoms with Gasteiger partial charge in [-0.3, -0.25) is 4.79 Å². The minimum absolute atomic E-state index is 0.0316. The number of hydrogen-bond acceptors (Lipinski definition) is 2. The van der Waals surface area contributed by atoms with Crippen molar-refractivity contribution in [3.05, 3.63) is 70.7 Å². The normalized spacial score (nSPS) is 16.0. The highest BCUT2D eigenvalue weighted by atomic mass is 35.5. The molecule has 1 atom stereocenters. The van der Waals surface area contributed by atoms with Crippen molar-refractivity contribution in [3.8, 4) is 0 Å². The van der Waals surface area contributed by atoms with Crippen molar-refractivity contribution < 1.29 is 4.79 Å². The molecule has 1 saturated heterocycles. The summed E-state index contributed by atoms with van der Waals surface area (Å²) in [5, 5.41) is 3.90. The van der Waals surface area contributed by atoms with Crippen LogP contribution < -0.4 is 5.32 Å². The molecule has 0 aliphatic carbocycles. The lowest BCUT2D eigenvalue weighted by molar-refractivity contribution is -0.121. The number of rotatable bonds is 6. The predicted molar refractivity (Wildman–Crippen MR) is 98.2 cm³/mol. The van der Waals surface area contributed by atoms with Crippen LogP contribution >= 0.6 is 11.6 Å². The summed E-state index contributed by atoms with van der Waals surface area (Å²) in [7, 11) is 0. The quantitative estimate of drug-likeness (QED) is 0.865. The fraction of sp³-hybridized carbons (Fsp3) is 0.350. The van der Waals surface area contributed by atoms with Gasteiger partial charge in [-0.2, -0.15) is 0 Å². The van der Waals surface area contributed by atoms with Gasteiger partial charge >= 0.3 is 0 Å². The van der Waals surface area contributed by atoms with Crippen LogP contribution in [0.4, 0.5) is 0 Å². The summed E-state index contributed by atoms with van der Waals surface area (Å²) in [6.45, 7) is 3.11. The molecular formula is C20H23ClN2O. The van der Waals surface area contributed by atoms with Crippen LogP contribution in [0, 0.1) is 0 Å². The zero-order valence-corrected chi connectivity index (χ0v) is 14.5. The molecule has 0 unspecified atom stereocenters. The fourth-order valence-corrected chi connectivity index (χ4v) is 3.30. The summed E-state index contributed by atoms with van der Waals surface area (Å²) in [4.78, 5) is 14.9. The molecule has 3 nitrogen and oxygen atoms in total. The van der Waals surface area contributed by atoms with Gasteiger partial charge in [-0.15, -0.1) is 0 Å². The number of nitrogens with zero attached hydrogens (tertiary/aromatic N) is 1. The van der Waals surface area contributed by atoms with E-state index in [1.807, 2.05) is 42.5 Å². The third-order valence-corrected chi connectivity index (χ3v) is 4.71. The van der Waals surface area contributed by atoms with Gasteiger partial charge in [0.05, 0.1) is 12.5 Å². The van der Waals surface area contributed by atoms with E-state index in [1.165, 1.54) is 12.8 Å². The molecule has 0 spiro atoms. The maximum absolute atomic E-state index is 12.5. The first-order chi connectivity index (χ1) is 11.7. The first-order valence-corrected chi connectivity index (χ1v) is 8.89. The van der Waals surface area contributed by atoms with Crippen LogP contribution in [0.15, 0.2) is 54.6 Å². The van der Waals surface area contributed by atoms with Gasteiger partial charge < -0.3 is 10.2 Å². The molecule has 0 radical (unpaired) electrons. The van der Waals surface area contributed by atoms with Gasteiger partial charge in [0.1, 0.15) is 0 Å². The fourth-order valence-electron chi connectivity index (χ4n) is 3.18. The van der Waals surface area contributed by atoms with Gasteiger partial charge in [0, 0.05) is 11.6 Å². The summed E-state index contributed by atoms with van der Waals surface area (Å²) in [6.07, 6.45) is 2.88. The van der Waals surface area contributed by atoms with Crippen molar-refractivity contribution in [1.29, 1.82) is 0 Å². The van der Waals surface area contributed by atoms with E-state index in [4.69, 9.17) is 11.6 Å². The minimum Gasteiger partial charge on any atom is -0.348 e. The van der Waals surface area contributed by atoms with E-state index >= 15 is 0 Å². The number of carbonyl (C=O) groups is 1. The van der Waals surface area contributed by atoms with Crippen LogP contribution in [0.5, 0.6) is 0 Å². The van der Waals surface area contributed by atoms with Crippen LogP contribution in [-0.4, -0.2) is 30.4 Å². The van der Waals surface area contributed by atoms with E-state index < -0.39 is 0 Å². The Hall–Kier alpha value is -1.84. The molecule has 1 N–H and O–H groups in total. The van der Waals surface area contributed by atoms with Crippen LogP contribution in [-0.2, 0) is 11.2 Å². The van der Waals surface area contributed by atoms with Gasteiger partial charge in [0.25, 0.3) is 0 Å². The molecule has 3 rings (SSSR count). The summed E-state index contributed by atoms with van der Waals surface area (Å²) in [6, 6.07) is 17.7. The second kappa shape index (κ2) is 8.32. The molecule has 0 aromatic heterocycles. The molecule has 4 heteroatoms. The maximum Gasteiger partial charge on any atom is 0.224 e. The SMILES string of the molecule is O=C(Cc1ccc(Cl)cc1)N[C@@H](CN1CCCC1)c1ccccc1. The Morgan fingerprint density at radius 2 is 1.71 bits per heavy atom. The number of likely N-dealkylation sites (tertiary alicyclic amines) is 1. The van der Waals surface area contributed by atoms with Crippen molar-refractivity contribution in [2.24, 2.45) is 0 Å². The summed E-state index contributed by atoms with van der Waals surface area (Å²) >= 11 is 5.90. The summed E-state index contributed by atoms with van der Waals surface area (Å²) in [5.74, 6) is 0.0466. The van der Waals surface area contributed by atoms with Gasteiger partial charge in [0.2, 0.25) is 5.91 Å². The van der Waals surface area contributed by atoms with Gasteiger partial charge in [-0.25, -0.2) is 0 Å². The highest BCUT2D eigenvalue weighted by Crippen LogP contribution is 2.18. The standard InChI is InChI=1S/C20H23ClN2O/c21-18-10-8-16(9-11-18)14-20(24)22-19(15-23-12-4-5-13-23)17-6-2-1-3-7-17/h1-3,6-11,19H,4-5,12-15H2,(H,22,24)/t19-/m0/s1. The molecule has 1 amide bonds. The van der Waals surface area contributed by atoms with Crippen LogP contribution in [0.2, 0.25) is 5.02 Å². The van der Waals surface area contributed by atoms with E-state index in [1.54, 1.807) is 0 Å². The Labute approximate surface area is 148 Å². The van der Waals surface area contributed by atoms with Crippen molar-refractivity contribution in [2.45, 2.75) is 25.3 Å². The lowest BCUT2D eigenvalue weighted by atomic mass is 10.1. The smallest absolute Gasteiger partial charge is 0.224 e. The number of halogens is 1. The Morgan fingerprint density at radius 1 is 1.04 bits per heavy atom. The molecule has 0 bridgehead atoms. The molecule has 2 aromatic carbocycles. The number of benzene rings is 2. The second-order valence-corrected chi connectivity index (χ2v) is 6.78. The Balaban J connectivity index is 1.66. The molecule has 24 heavy (non-hydrogen) atoms. The zero-order valence-electron chi connectivity index (χ0n) is 13.7. The van der Waals surface area contributed by atoms with Gasteiger partial charge in [-0.1, -0.05) is 54.1 Å². The van der Waals surface area contributed by atoms with Crippen molar-refractivity contribution in [1.82, 2.24) is 10.2 Å². The molecular weight excluding hydrogens is 320 g/mol. The monoisotopic (exact) mass is 342 g/mol. The first kappa shape index (κ1) is 17.0. The van der Waals surface area contributed by atoms with Gasteiger partial charge in [0.15, 0.2) is 0 Å². The molecule has 126 valence electrons. The van der Waals surface area contributed by atoms with E-state index in [0.29, 0.717) is 11.4 Å². The number of hydrogen-bond donors (Lipinski definition) is 1. The Bertz CT molecular complexity index is 651. The third kappa shape index (κ3) is 4.83. The average Bonchev–Trinajstić information content (AvgIpc) is 3.10. The molecule has 1 fully saturated rings. The highest BCUT2D eigenvalue weighted by Gasteiger charge is 2.20. The molecule has 1 aliphatic rings. The average molecular weight is 343 g/mol. The van der Waals surface area contributed by atoms with E-state index in [0.717, 1.165) is 30.8 Å². The molecule has 1 aliphatic heterocycles. The largest absolute Gasteiger partial charge is 0.348 e. The predicted octanol–water partition coefficient (Wildman–Crippen LogP) is 3.84. The Kier molecular flexibility index (Phi) is 5.89. The third-order valence-electron chi connectivity index (χ3n) is 4.45. The minimum atomic E-state index is 0.0316. The molecule has 0 saturated carbocycles. The molecule has 1 heterocycles. The highest BCUT2D eigenvalue weighted by molar-refractivity contribution is 6.30. The summed E-state index contributed by atoms with van der Waals surface area (Å²) in [5.41, 5.74) is 2.14. The van der Waals surface area contributed by atoms with Crippen molar-refractivity contribution in [2.75, 3.05) is 19.6 Å². The van der Waals surface area contributed by atoms with E-state index in [9.17, 15) is 4.79 Å². The number of carbonyl (C=O) groups excluding carboxylic acids is 1. The maximum atomic E-state index is 12.5. The number of amides is 1. The number of nitrogens with one attached hydrogen (secondary N) is 1. The van der Waals surface area contributed by atoms with Crippen LogP contribution in [0.25, 0.3) is 0 Å².